The summed E-state index contributed by atoms with van der Waals surface area (Å²) in [5.74, 6) is -0.281. The SMILES string of the molecule is Cc1ccc(/C=N\NC(=O)c2ccc(-n3cnnn3)cc2)cc1. The maximum absolute atomic E-state index is 12.0. The Morgan fingerprint density at radius 3 is 2.52 bits per heavy atom. The lowest BCUT2D eigenvalue weighted by molar-refractivity contribution is 0.0955. The highest BCUT2D eigenvalue weighted by Crippen LogP contribution is 2.07. The lowest BCUT2D eigenvalue weighted by Gasteiger charge is -2.02. The zero-order valence-electron chi connectivity index (χ0n) is 12.4. The van der Waals surface area contributed by atoms with E-state index < -0.39 is 0 Å². The summed E-state index contributed by atoms with van der Waals surface area (Å²) in [7, 11) is 0. The molecular formula is C16H14N6O. The third-order valence-corrected chi connectivity index (χ3v) is 3.20. The van der Waals surface area contributed by atoms with Crippen LogP contribution >= 0.6 is 0 Å². The largest absolute Gasteiger partial charge is 0.271 e. The molecule has 1 amide bonds. The number of aryl methyl sites for hydroxylation is 1. The predicted molar refractivity (Wildman–Crippen MR) is 85.4 cm³/mol. The maximum Gasteiger partial charge on any atom is 0.271 e. The standard InChI is InChI=1S/C16H14N6O/c1-12-2-4-13(5-3-12)10-17-19-16(23)14-6-8-15(9-7-14)22-11-18-20-21-22/h2-11H,1H3,(H,19,23)/b17-10-. The predicted octanol–water partition coefficient (Wildman–Crippen LogP) is 1.73. The molecule has 0 aliphatic carbocycles. The number of hydrogen-bond acceptors (Lipinski definition) is 5. The molecule has 0 spiro atoms. The van der Waals surface area contributed by atoms with Crippen molar-refractivity contribution in [2.45, 2.75) is 6.92 Å². The molecule has 0 fully saturated rings. The van der Waals surface area contributed by atoms with Crippen LogP contribution < -0.4 is 5.43 Å². The molecule has 0 radical (unpaired) electrons. The first-order valence-corrected chi connectivity index (χ1v) is 6.96. The quantitative estimate of drug-likeness (QED) is 0.587. The topological polar surface area (TPSA) is 85.1 Å². The van der Waals surface area contributed by atoms with Crippen LogP contribution in [0.15, 0.2) is 60.0 Å². The molecule has 23 heavy (non-hydrogen) atoms. The third-order valence-electron chi connectivity index (χ3n) is 3.20. The van der Waals surface area contributed by atoms with E-state index >= 15 is 0 Å². The first-order valence-electron chi connectivity index (χ1n) is 6.96. The smallest absolute Gasteiger partial charge is 0.267 e. The molecule has 3 rings (SSSR count). The van der Waals surface area contributed by atoms with E-state index in [9.17, 15) is 4.79 Å². The van der Waals surface area contributed by atoms with E-state index in [2.05, 4.69) is 26.1 Å². The van der Waals surface area contributed by atoms with Gasteiger partial charge in [0.15, 0.2) is 0 Å². The van der Waals surface area contributed by atoms with Gasteiger partial charge in [0.05, 0.1) is 11.9 Å². The van der Waals surface area contributed by atoms with Crippen molar-refractivity contribution in [3.05, 3.63) is 71.5 Å². The van der Waals surface area contributed by atoms with Gasteiger partial charge in [0.25, 0.3) is 5.91 Å². The maximum atomic E-state index is 12.0. The Labute approximate surface area is 132 Å². The second-order valence-corrected chi connectivity index (χ2v) is 4.91. The van der Waals surface area contributed by atoms with Crippen molar-refractivity contribution >= 4 is 12.1 Å². The molecule has 114 valence electrons. The minimum absolute atomic E-state index is 0.281. The van der Waals surface area contributed by atoms with Gasteiger partial charge in [-0.05, 0) is 47.2 Å². The fraction of sp³-hybridized carbons (Fsp3) is 0.0625. The molecule has 0 aliphatic heterocycles. The highest BCUT2D eigenvalue weighted by molar-refractivity contribution is 5.95. The van der Waals surface area contributed by atoms with Crippen LogP contribution in [-0.2, 0) is 0 Å². The van der Waals surface area contributed by atoms with Gasteiger partial charge >= 0.3 is 0 Å². The average molecular weight is 306 g/mol. The van der Waals surface area contributed by atoms with Gasteiger partial charge in [-0.25, -0.2) is 10.1 Å². The zero-order valence-corrected chi connectivity index (χ0v) is 12.4. The Morgan fingerprint density at radius 2 is 1.87 bits per heavy atom. The second kappa shape index (κ2) is 6.61. The Morgan fingerprint density at radius 1 is 1.13 bits per heavy atom. The Balaban J connectivity index is 1.63. The third kappa shape index (κ3) is 3.65. The van der Waals surface area contributed by atoms with Crippen LogP contribution in [0.3, 0.4) is 0 Å². The summed E-state index contributed by atoms with van der Waals surface area (Å²) < 4.78 is 1.51. The average Bonchev–Trinajstić information content (AvgIpc) is 3.11. The van der Waals surface area contributed by atoms with Crippen molar-refractivity contribution < 1.29 is 4.79 Å². The normalized spacial score (nSPS) is 10.8. The summed E-state index contributed by atoms with van der Waals surface area (Å²) in [4.78, 5) is 12.0. The Hall–Kier alpha value is -3.35. The molecule has 0 saturated carbocycles. The van der Waals surface area contributed by atoms with Crippen molar-refractivity contribution in [3.63, 3.8) is 0 Å². The van der Waals surface area contributed by atoms with Gasteiger partial charge in [-0.3, -0.25) is 4.79 Å². The first-order chi connectivity index (χ1) is 11.2. The van der Waals surface area contributed by atoms with Crippen molar-refractivity contribution in [2.24, 2.45) is 5.10 Å². The molecular weight excluding hydrogens is 292 g/mol. The number of nitrogens with one attached hydrogen (secondary N) is 1. The molecule has 1 N–H and O–H groups in total. The van der Waals surface area contributed by atoms with Crippen LogP contribution in [0, 0.1) is 6.92 Å². The fourth-order valence-electron chi connectivity index (χ4n) is 1.93. The van der Waals surface area contributed by atoms with Crippen LogP contribution in [0.4, 0.5) is 0 Å². The number of hydrogen-bond donors (Lipinski definition) is 1. The second-order valence-electron chi connectivity index (χ2n) is 4.91. The highest BCUT2D eigenvalue weighted by atomic mass is 16.2. The first kappa shape index (κ1) is 14.6. The van der Waals surface area contributed by atoms with Gasteiger partial charge in [-0.2, -0.15) is 5.10 Å². The van der Waals surface area contributed by atoms with E-state index in [0.29, 0.717) is 5.56 Å². The summed E-state index contributed by atoms with van der Waals surface area (Å²) in [6, 6.07) is 14.7. The van der Waals surface area contributed by atoms with E-state index in [1.54, 1.807) is 30.5 Å². The van der Waals surface area contributed by atoms with Crippen LogP contribution in [0.25, 0.3) is 5.69 Å². The number of hydrazone groups is 1. The molecule has 7 heteroatoms. The summed E-state index contributed by atoms with van der Waals surface area (Å²) in [5, 5.41) is 14.9. The summed E-state index contributed by atoms with van der Waals surface area (Å²) in [6.07, 6.45) is 3.09. The van der Waals surface area contributed by atoms with Crippen LogP contribution in [0.1, 0.15) is 21.5 Å². The molecule has 2 aromatic carbocycles. The van der Waals surface area contributed by atoms with Gasteiger partial charge < -0.3 is 0 Å². The van der Waals surface area contributed by atoms with Gasteiger partial charge in [-0.1, -0.05) is 29.8 Å². The molecule has 7 nitrogen and oxygen atoms in total. The summed E-state index contributed by atoms with van der Waals surface area (Å²) in [5.41, 5.74) is 5.87. The number of amides is 1. The molecule has 3 aromatic rings. The number of carbonyl (C=O) groups is 1. The van der Waals surface area contributed by atoms with Gasteiger partial charge in [0.1, 0.15) is 6.33 Å². The highest BCUT2D eigenvalue weighted by Gasteiger charge is 2.05. The van der Waals surface area contributed by atoms with Crippen molar-refractivity contribution in [1.29, 1.82) is 0 Å². The number of nitrogens with zero attached hydrogens (tertiary/aromatic N) is 5. The molecule has 1 aromatic heterocycles. The van der Waals surface area contributed by atoms with E-state index in [1.165, 1.54) is 16.6 Å². The monoisotopic (exact) mass is 306 g/mol. The van der Waals surface area contributed by atoms with E-state index in [1.807, 2.05) is 31.2 Å². The lowest BCUT2D eigenvalue weighted by Crippen LogP contribution is -2.17. The number of rotatable bonds is 4. The van der Waals surface area contributed by atoms with Crippen molar-refractivity contribution in [3.8, 4) is 5.69 Å². The number of benzene rings is 2. The van der Waals surface area contributed by atoms with E-state index in [0.717, 1.165) is 11.3 Å². The minimum atomic E-state index is -0.281. The molecule has 0 saturated heterocycles. The molecule has 0 atom stereocenters. The number of aromatic nitrogens is 4. The number of tetrazole rings is 1. The van der Waals surface area contributed by atoms with Crippen molar-refractivity contribution in [1.82, 2.24) is 25.6 Å². The summed E-state index contributed by atoms with van der Waals surface area (Å²) in [6.45, 7) is 2.02. The van der Waals surface area contributed by atoms with E-state index in [4.69, 9.17) is 0 Å². The minimum Gasteiger partial charge on any atom is -0.267 e. The van der Waals surface area contributed by atoms with Gasteiger partial charge in [0.2, 0.25) is 0 Å². The molecule has 0 bridgehead atoms. The lowest BCUT2D eigenvalue weighted by atomic mass is 10.2. The fourth-order valence-corrected chi connectivity index (χ4v) is 1.93. The van der Waals surface area contributed by atoms with Crippen LogP contribution in [0.2, 0.25) is 0 Å². The molecule has 1 heterocycles. The van der Waals surface area contributed by atoms with Crippen LogP contribution in [0.5, 0.6) is 0 Å². The Bertz CT molecular complexity index is 807. The van der Waals surface area contributed by atoms with Crippen molar-refractivity contribution in [2.75, 3.05) is 0 Å². The molecule has 0 unspecified atom stereocenters. The van der Waals surface area contributed by atoms with E-state index in [-0.39, 0.29) is 5.91 Å². The van der Waals surface area contributed by atoms with Gasteiger partial charge in [0, 0.05) is 5.56 Å². The van der Waals surface area contributed by atoms with Crippen LogP contribution in [-0.4, -0.2) is 32.3 Å². The zero-order chi connectivity index (χ0) is 16.1. The summed E-state index contributed by atoms with van der Waals surface area (Å²) >= 11 is 0. The number of carbonyl (C=O) groups excluding carboxylic acids is 1. The Kier molecular flexibility index (Phi) is 4.19. The van der Waals surface area contributed by atoms with Gasteiger partial charge in [-0.15, -0.1) is 5.10 Å². The molecule has 0 aliphatic rings.